The van der Waals surface area contributed by atoms with Crippen molar-refractivity contribution in [2.45, 2.75) is 95.2 Å². The van der Waals surface area contributed by atoms with Crippen molar-refractivity contribution in [1.29, 1.82) is 5.26 Å². The van der Waals surface area contributed by atoms with Crippen LogP contribution in [-0.2, 0) is 4.79 Å². The Balaban J connectivity index is 1.73. The van der Waals surface area contributed by atoms with Gasteiger partial charge in [-0.1, -0.05) is 50.3 Å². The van der Waals surface area contributed by atoms with E-state index in [1.165, 1.54) is 50.3 Å². The molecule has 0 unspecified atom stereocenters. The van der Waals surface area contributed by atoms with Crippen molar-refractivity contribution >= 4 is 17.7 Å². The van der Waals surface area contributed by atoms with Crippen LogP contribution in [-0.4, -0.2) is 38.6 Å². The van der Waals surface area contributed by atoms with Crippen molar-refractivity contribution < 1.29 is 4.79 Å². The Morgan fingerprint density at radius 3 is 2.11 bits per heavy atom. The molecule has 0 bridgehead atoms. The van der Waals surface area contributed by atoms with Gasteiger partial charge in [0, 0.05) is 12.1 Å². The van der Waals surface area contributed by atoms with E-state index in [9.17, 15) is 10.1 Å². The van der Waals surface area contributed by atoms with E-state index < -0.39 is 0 Å². The molecule has 0 spiro atoms. The third-order valence-electron chi connectivity index (χ3n) is 5.84. The quantitative estimate of drug-likeness (QED) is 0.548. The Kier molecular flexibility index (Phi) is 7.12. The Morgan fingerprint density at radius 1 is 1.04 bits per heavy atom. The van der Waals surface area contributed by atoms with Crippen molar-refractivity contribution in [2.75, 3.05) is 5.75 Å². The van der Waals surface area contributed by atoms with E-state index in [1.807, 2.05) is 13.8 Å². The second-order valence-electron chi connectivity index (χ2n) is 7.82. The summed E-state index contributed by atoms with van der Waals surface area (Å²) in [5.41, 5.74) is 1.19. The fourth-order valence-corrected chi connectivity index (χ4v) is 5.49. The molecular formula is C21H30N4OS. The highest BCUT2D eigenvalue weighted by molar-refractivity contribution is 8.00. The van der Waals surface area contributed by atoms with Gasteiger partial charge in [-0.2, -0.15) is 5.26 Å². The van der Waals surface area contributed by atoms with Gasteiger partial charge in [0.2, 0.25) is 5.91 Å². The second kappa shape index (κ2) is 9.54. The first-order chi connectivity index (χ1) is 13.1. The van der Waals surface area contributed by atoms with E-state index in [0.717, 1.165) is 25.7 Å². The van der Waals surface area contributed by atoms with Crippen molar-refractivity contribution in [3.63, 3.8) is 0 Å². The van der Waals surface area contributed by atoms with Gasteiger partial charge in [-0.15, -0.1) is 0 Å². The molecule has 2 aliphatic rings. The predicted octanol–water partition coefficient (Wildman–Crippen LogP) is 4.55. The fraction of sp³-hybridized carbons (Fsp3) is 0.714. The molecule has 0 N–H and O–H groups in total. The molecule has 2 saturated carbocycles. The lowest BCUT2D eigenvalue weighted by molar-refractivity contribution is -0.135. The van der Waals surface area contributed by atoms with Crippen LogP contribution in [0.3, 0.4) is 0 Å². The number of aryl methyl sites for hydroxylation is 2. The highest BCUT2D eigenvalue weighted by Crippen LogP contribution is 2.31. The third-order valence-corrected chi connectivity index (χ3v) is 6.80. The Labute approximate surface area is 167 Å². The molecular weight excluding hydrogens is 356 g/mol. The van der Waals surface area contributed by atoms with Crippen molar-refractivity contribution in [3.8, 4) is 6.07 Å². The molecule has 2 aliphatic carbocycles. The summed E-state index contributed by atoms with van der Waals surface area (Å²) in [5.74, 6) is 1.23. The number of nitrogens with zero attached hydrogens (tertiary/aromatic N) is 4. The lowest BCUT2D eigenvalue weighted by atomic mass is 9.88. The van der Waals surface area contributed by atoms with Gasteiger partial charge >= 0.3 is 0 Å². The number of rotatable bonds is 5. The first-order valence-electron chi connectivity index (χ1n) is 10.3. The minimum absolute atomic E-state index is 0.219. The largest absolute Gasteiger partial charge is 0.336 e. The Hall–Kier alpha value is -1.61. The lowest BCUT2D eigenvalue weighted by Gasteiger charge is -2.41. The van der Waals surface area contributed by atoms with Gasteiger partial charge in [-0.3, -0.25) is 4.79 Å². The van der Waals surface area contributed by atoms with E-state index in [1.54, 1.807) is 0 Å². The number of amides is 1. The van der Waals surface area contributed by atoms with E-state index in [0.29, 0.717) is 39.9 Å². The van der Waals surface area contributed by atoms with Crippen LogP contribution in [0.5, 0.6) is 0 Å². The minimum Gasteiger partial charge on any atom is -0.336 e. The summed E-state index contributed by atoms with van der Waals surface area (Å²) in [6, 6.07) is 3.00. The van der Waals surface area contributed by atoms with Gasteiger partial charge in [-0.25, -0.2) is 9.97 Å². The normalized spacial score (nSPS) is 18.9. The monoisotopic (exact) mass is 386 g/mol. The second-order valence-corrected chi connectivity index (χ2v) is 8.79. The summed E-state index contributed by atoms with van der Waals surface area (Å²) in [6.45, 7) is 3.66. The topological polar surface area (TPSA) is 69.9 Å². The average Bonchev–Trinajstić information content (AvgIpc) is 2.68. The standard InChI is InChI=1S/C21H30N4OS/c1-15-19(13-22)21(24-16(2)23-15)27-14-20(26)25(17-9-5-3-6-10-17)18-11-7-4-8-12-18/h17-18H,3-12,14H2,1-2H3. The summed E-state index contributed by atoms with van der Waals surface area (Å²) in [7, 11) is 0. The molecule has 1 amide bonds. The van der Waals surface area contributed by atoms with Crippen molar-refractivity contribution in [1.82, 2.24) is 14.9 Å². The smallest absolute Gasteiger partial charge is 0.233 e. The molecule has 0 aliphatic heterocycles. The summed E-state index contributed by atoms with van der Waals surface area (Å²) in [6.07, 6.45) is 12.1. The molecule has 2 fully saturated rings. The summed E-state index contributed by atoms with van der Waals surface area (Å²) >= 11 is 1.40. The Bertz CT molecular complexity index is 685. The van der Waals surface area contributed by atoms with Crippen LogP contribution in [0, 0.1) is 25.2 Å². The molecule has 5 nitrogen and oxygen atoms in total. The van der Waals surface area contributed by atoms with Gasteiger partial charge in [0.15, 0.2) is 0 Å². The molecule has 6 heteroatoms. The van der Waals surface area contributed by atoms with Gasteiger partial charge in [0.05, 0.1) is 11.4 Å². The number of carbonyl (C=O) groups excluding carboxylic acids is 1. The SMILES string of the molecule is Cc1nc(C)c(C#N)c(SCC(=O)N(C2CCCCC2)C2CCCCC2)n1. The van der Waals surface area contributed by atoms with Crippen molar-refractivity contribution in [2.24, 2.45) is 0 Å². The number of hydrogen-bond acceptors (Lipinski definition) is 5. The molecule has 1 heterocycles. The fourth-order valence-electron chi connectivity index (χ4n) is 4.54. The summed E-state index contributed by atoms with van der Waals surface area (Å²) < 4.78 is 0. The molecule has 0 atom stereocenters. The molecule has 27 heavy (non-hydrogen) atoms. The van der Waals surface area contributed by atoms with Crippen LogP contribution in [0.15, 0.2) is 5.03 Å². The van der Waals surface area contributed by atoms with E-state index in [4.69, 9.17) is 0 Å². The zero-order valence-electron chi connectivity index (χ0n) is 16.5. The number of hydrogen-bond donors (Lipinski definition) is 0. The highest BCUT2D eigenvalue weighted by atomic mass is 32.2. The zero-order chi connectivity index (χ0) is 19.2. The lowest BCUT2D eigenvalue weighted by Crippen LogP contribution is -2.49. The molecule has 0 saturated heterocycles. The van der Waals surface area contributed by atoms with E-state index >= 15 is 0 Å². The number of aromatic nitrogens is 2. The Morgan fingerprint density at radius 2 is 1.59 bits per heavy atom. The van der Waals surface area contributed by atoms with Crippen LogP contribution in [0.1, 0.15) is 81.3 Å². The number of nitriles is 1. The van der Waals surface area contributed by atoms with Gasteiger partial charge in [0.1, 0.15) is 22.5 Å². The maximum atomic E-state index is 13.3. The molecule has 1 aromatic heterocycles. The molecule has 146 valence electrons. The maximum Gasteiger partial charge on any atom is 0.233 e. The molecule has 1 aromatic rings. The van der Waals surface area contributed by atoms with Crippen LogP contribution < -0.4 is 0 Å². The van der Waals surface area contributed by atoms with Crippen LogP contribution in [0.25, 0.3) is 0 Å². The van der Waals surface area contributed by atoms with Gasteiger partial charge in [0.25, 0.3) is 0 Å². The average molecular weight is 387 g/mol. The van der Waals surface area contributed by atoms with Crippen molar-refractivity contribution in [3.05, 3.63) is 17.1 Å². The first-order valence-corrected chi connectivity index (χ1v) is 11.3. The van der Waals surface area contributed by atoms with Gasteiger partial charge < -0.3 is 4.90 Å². The van der Waals surface area contributed by atoms with Crippen LogP contribution in [0.2, 0.25) is 0 Å². The van der Waals surface area contributed by atoms with Crippen LogP contribution in [0.4, 0.5) is 0 Å². The van der Waals surface area contributed by atoms with Crippen LogP contribution >= 0.6 is 11.8 Å². The maximum absolute atomic E-state index is 13.3. The van der Waals surface area contributed by atoms with E-state index in [-0.39, 0.29) is 5.91 Å². The first kappa shape index (κ1) is 20.1. The highest BCUT2D eigenvalue weighted by Gasteiger charge is 2.32. The number of thioether (sulfide) groups is 1. The molecule has 3 rings (SSSR count). The summed E-state index contributed by atoms with van der Waals surface area (Å²) in [5, 5.41) is 10.1. The number of carbonyl (C=O) groups is 1. The minimum atomic E-state index is 0.219. The zero-order valence-corrected chi connectivity index (χ0v) is 17.4. The molecule has 0 radical (unpaired) electrons. The summed E-state index contributed by atoms with van der Waals surface area (Å²) in [4.78, 5) is 24.2. The van der Waals surface area contributed by atoms with Gasteiger partial charge in [-0.05, 0) is 39.5 Å². The third kappa shape index (κ3) is 5.01. The van der Waals surface area contributed by atoms with E-state index in [2.05, 4.69) is 20.9 Å². The predicted molar refractivity (Wildman–Crippen MR) is 108 cm³/mol. The molecule has 0 aromatic carbocycles.